The van der Waals surface area contributed by atoms with E-state index in [1.54, 1.807) is 13.1 Å². The summed E-state index contributed by atoms with van der Waals surface area (Å²) in [4.78, 5) is 15.1. The van der Waals surface area contributed by atoms with Gasteiger partial charge in [0.2, 0.25) is 0 Å². The highest BCUT2D eigenvalue weighted by Gasteiger charge is 2.05. The van der Waals surface area contributed by atoms with Crippen LogP contribution in [0, 0.1) is 6.92 Å². The van der Waals surface area contributed by atoms with Crippen molar-refractivity contribution in [2.75, 3.05) is 0 Å². The van der Waals surface area contributed by atoms with Crippen LogP contribution in [-0.2, 0) is 11.3 Å². The molecule has 0 aliphatic carbocycles. The van der Waals surface area contributed by atoms with Crippen LogP contribution in [0.15, 0.2) is 24.7 Å². The number of carbonyl (C=O) groups excluding carboxylic acids is 1. The first-order valence-corrected chi connectivity index (χ1v) is 5.57. The molecule has 2 aromatic rings. The smallest absolute Gasteiger partial charge is 0.149 e. The van der Waals surface area contributed by atoms with Gasteiger partial charge in [0.05, 0.1) is 12.1 Å². The van der Waals surface area contributed by atoms with E-state index in [4.69, 9.17) is 0 Å². The van der Waals surface area contributed by atoms with Crippen molar-refractivity contribution in [1.82, 2.24) is 9.55 Å². The van der Waals surface area contributed by atoms with Gasteiger partial charge < -0.3 is 4.57 Å². The quantitative estimate of drug-likeness (QED) is 0.776. The first-order chi connectivity index (χ1) is 7.68. The van der Waals surface area contributed by atoms with Gasteiger partial charge in [0.1, 0.15) is 5.78 Å². The summed E-state index contributed by atoms with van der Waals surface area (Å²) in [6.07, 6.45) is 5.58. The number of Topliss-reactive ketones (excluding diaryl/α,β-unsaturated/α-hetero) is 1. The minimum absolute atomic E-state index is 0.165. The normalized spacial score (nSPS) is 9.75. The second kappa shape index (κ2) is 5.45. The Hall–Kier alpha value is -1.64. The SMILES string of the molecule is CC.CC(=O)Cn1cc(C)c2cnccc21. The molecule has 0 fully saturated rings. The van der Waals surface area contributed by atoms with Crippen LogP contribution in [0.1, 0.15) is 26.3 Å². The average molecular weight is 218 g/mol. The van der Waals surface area contributed by atoms with Gasteiger partial charge in [0.15, 0.2) is 0 Å². The summed E-state index contributed by atoms with van der Waals surface area (Å²) in [6.45, 7) is 8.07. The molecule has 86 valence electrons. The van der Waals surface area contributed by atoms with Crippen molar-refractivity contribution in [3.05, 3.63) is 30.2 Å². The third-order valence-electron chi connectivity index (χ3n) is 2.27. The topological polar surface area (TPSA) is 34.9 Å². The number of hydrogen-bond acceptors (Lipinski definition) is 2. The monoisotopic (exact) mass is 218 g/mol. The molecule has 2 aromatic heterocycles. The van der Waals surface area contributed by atoms with Crippen LogP contribution in [0.3, 0.4) is 0 Å². The maximum Gasteiger partial charge on any atom is 0.149 e. The van der Waals surface area contributed by atoms with E-state index in [1.165, 1.54) is 0 Å². The Bertz CT molecular complexity index is 486. The number of aryl methyl sites for hydroxylation is 1. The molecule has 0 aliphatic rings. The lowest BCUT2D eigenvalue weighted by atomic mass is 10.2. The van der Waals surface area contributed by atoms with E-state index in [0.717, 1.165) is 16.5 Å². The predicted molar refractivity (Wildman–Crippen MR) is 66.5 cm³/mol. The highest BCUT2D eigenvalue weighted by Crippen LogP contribution is 2.18. The lowest BCUT2D eigenvalue weighted by molar-refractivity contribution is -0.117. The van der Waals surface area contributed by atoms with Crippen molar-refractivity contribution in [2.24, 2.45) is 0 Å². The molecule has 0 unspecified atom stereocenters. The van der Waals surface area contributed by atoms with Crippen molar-refractivity contribution in [1.29, 1.82) is 0 Å². The van der Waals surface area contributed by atoms with Crippen LogP contribution in [0.4, 0.5) is 0 Å². The van der Waals surface area contributed by atoms with E-state index in [9.17, 15) is 4.79 Å². The molecular formula is C13H18N2O. The van der Waals surface area contributed by atoms with Gasteiger partial charge in [-0.3, -0.25) is 9.78 Å². The van der Waals surface area contributed by atoms with E-state index in [0.29, 0.717) is 6.54 Å². The van der Waals surface area contributed by atoms with Gasteiger partial charge in [0, 0.05) is 24.0 Å². The number of aromatic nitrogens is 2. The number of fused-ring (bicyclic) bond motifs is 1. The molecule has 0 N–H and O–H groups in total. The minimum atomic E-state index is 0.165. The molecule has 2 heterocycles. The number of nitrogens with zero attached hydrogens (tertiary/aromatic N) is 2. The van der Waals surface area contributed by atoms with E-state index in [2.05, 4.69) is 4.98 Å². The van der Waals surface area contributed by atoms with Crippen LogP contribution >= 0.6 is 0 Å². The molecule has 16 heavy (non-hydrogen) atoms. The Balaban J connectivity index is 0.000000606. The number of pyridine rings is 1. The Labute approximate surface area is 96.1 Å². The lowest BCUT2D eigenvalue weighted by Crippen LogP contribution is -2.04. The summed E-state index contributed by atoms with van der Waals surface area (Å²) < 4.78 is 1.97. The number of ketones is 1. The summed E-state index contributed by atoms with van der Waals surface area (Å²) in [6, 6.07) is 1.94. The molecule has 0 radical (unpaired) electrons. The molecule has 0 saturated heterocycles. The van der Waals surface area contributed by atoms with Crippen LogP contribution in [0.25, 0.3) is 10.9 Å². The van der Waals surface area contributed by atoms with Crippen molar-refractivity contribution in [3.8, 4) is 0 Å². The fourth-order valence-electron chi connectivity index (χ4n) is 1.68. The Kier molecular flexibility index (Phi) is 4.23. The van der Waals surface area contributed by atoms with Crippen LogP contribution < -0.4 is 0 Å². The van der Waals surface area contributed by atoms with Gasteiger partial charge in [-0.2, -0.15) is 0 Å². The summed E-state index contributed by atoms with van der Waals surface area (Å²) in [5.74, 6) is 0.165. The van der Waals surface area contributed by atoms with Crippen molar-refractivity contribution < 1.29 is 4.79 Å². The third kappa shape index (κ3) is 2.48. The summed E-state index contributed by atoms with van der Waals surface area (Å²) in [5, 5.41) is 1.12. The molecule has 0 spiro atoms. The number of carbonyl (C=O) groups is 1. The van der Waals surface area contributed by atoms with E-state index >= 15 is 0 Å². The molecule has 0 aliphatic heterocycles. The zero-order chi connectivity index (χ0) is 12.1. The molecule has 0 bridgehead atoms. The zero-order valence-corrected chi connectivity index (χ0v) is 10.3. The molecule has 0 amide bonds. The van der Waals surface area contributed by atoms with Gasteiger partial charge in [-0.1, -0.05) is 13.8 Å². The Morgan fingerprint density at radius 3 is 2.75 bits per heavy atom. The first kappa shape index (κ1) is 12.4. The molecule has 3 nitrogen and oxygen atoms in total. The van der Waals surface area contributed by atoms with Crippen molar-refractivity contribution in [2.45, 2.75) is 34.2 Å². The minimum Gasteiger partial charge on any atom is -0.340 e. The molecule has 0 atom stereocenters. The average Bonchev–Trinajstić information content (AvgIpc) is 2.59. The highest BCUT2D eigenvalue weighted by atomic mass is 16.1. The fourth-order valence-corrected chi connectivity index (χ4v) is 1.68. The van der Waals surface area contributed by atoms with Crippen molar-refractivity contribution in [3.63, 3.8) is 0 Å². The summed E-state index contributed by atoms with van der Waals surface area (Å²) in [5.41, 5.74) is 2.24. The fraction of sp³-hybridized carbons (Fsp3) is 0.385. The maximum atomic E-state index is 11.0. The molecule has 0 aromatic carbocycles. The first-order valence-electron chi connectivity index (χ1n) is 5.57. The van der Waals surface area contributed by atoms with Crippen LogP contribution in [0.5, 0.6) is 0 Å². The van der Waals surface area contributed by atoms with Gasteiger partial charge in [0.25, 0.3) is 0 Å². The second-order valence-electron chi connectivity index (χ2n) is 3.53. The zero-order valence-electron chi connectivity index (χ0n) is 10.3. The number of rotatable bonds is 2. The molecule has 2 rings (SSSR count). The van der Waals surface area contributed by atoms with Gasteiger partial charge >= 0.3 is 0 Å². The molecular weight excluding hydrogens is 200 g/mol. The maximum absolute atomic E-state index is 11.0. The predicted octanol–water partition coefficient (Wildman–Crippen LogP) is 2.96. The van der Waals surface area contributed by atoms with Gasteiger partial charge in [-0.05, 0) is 25.5 Å². The standard InChI is InChI=1S/C11H12N2O.C2H6/c1-8-6-13(7-9(2)14)11-3-4-12-5-10(8)11;1-2/h3-6H,7H2,1-2H3;1-2H3. The number of hydrogen-bond donors (Lipinski definition) is 0. The summed E-state index contributed by atoms with van der Waals surface area (Å²) >= 11 is 0. The highest BCUT2D eigenvalue weighted by molar-refractivity contribution is 5.85. The second-order valence-corrected chi connectivity index (χ2v) is 3.53. The van der Waals surface area contributed by atoms with E-state index < -0.39 is 0 Å². The molecule has 3 heteroatoms. The van der Waals surface area contributed by atoms with E-state index in [-0.39, 0.29) is 5.78 Å². The largest absolute Gasteiger partial charge is 0.340 e. The van der Waals surface area contributed by atoms with Gasteiger partial charge in [-0.15, -0.1) is 0 Å². The van der Waals surface area contributed by atoms with Crippen LogP contribution in [0.2, 0.25) is 0 Å². The third-order valence-corrected chi connectivity index (χ3v) is 2.27. The Morgan fingerprint density at radius 2 is 2.12 bits per heavy atom. The molecule has 0 saturated carbocycles. The Morgan fingerprint density at radius 1 is 1.44 bits per heavy atom. The lowest BCUT2D eigenvalue weighted by Gasteiger charge is -2.00. The van der Waals surface area contributed by atoms with Crippen molar-refractivity contribution >= 4 is 16.7 Å². The summed E-state index contributed by atoms with van der Waals surface area (Å²) in [7, 11) is 0. The van der Waals surface area contributed by atoms with Crippen LogP contribution in [-0.4, -0.2) is 15.3 Å². The van der Waals surface area contributed by atoms with Gasteiger partial charge in [-0.25, -0.2) is 0 Å². The van der Waals surface area contributed by atoms with E-state index in [1.807, 2.05) is 43.8 Å².